The van der Waals surface area contributed by atoms with Crippen LogP contribution < -0.4 is 5.73 Å². The number of ether oxygens (including phenoxy) is 1. The van der Waals surface area contributed by atoms with Crippen molar-refractivity contribution in [3.8, 4) is 0 Å². The summed E-state index contributed by atoms with van der Waals surface area (Å²) in [4.78, 5) is 11.5. The number of halogens is 2. The van der Waals surface area contributed by atoms with Gasteiger partial charge in [-0.05, 0) is 18.2 Å². The second kappa shape index (κ2) is 5.71. The molecule has 0 aliphatic rings. The number of hydrogen-bond acceptors (Lipinski definition) is 4. The van der Waals surface area contributed by atoms with E-state index in [1.807, 2.05) is 0 Å². The van der Waals surface area contributed by atoms with E-state index in [4.69, 9.17) is 22.1 Å². The van der Waals surface area contributed by atoms with Crippen molar-refractivity contribution < 1.29 is 13.9 Å². The monoisotopic (exact) mass is 283 g/mol. The summed E-state index contributed by atoms with van der Waals surface area (Å²) >= 11 is 5.85. The molecule has 0 fully saturated rings. The van der Waals surface area contributed by atoms with Gasteiger partial charge in [0, 0.05) is 16.8 Å². The van der Waals surface area contributed by atoms with E-state index in [9.17, 15) is 9.18 Å². The molecular formula is C12H11ClFN3O2. The number of nitrogens with zero attached hydrogens (tertiary/aromatic N) is 2. The lowest BCUT2D eigenvalue weighted by atomic mass is 10.2. The van der Waals surface area contributed by atoms with Gasteiger partial charge >= 0.3 is 5.97 Å². The number of benzene rings is 1. The van der Waals surface area contributed by atoms with Crippen LogP contribution in [0, 0.1) is 5.82 Å². The topological polar surface area (TPSA) is 70.1 Å². The first-order chi connectivity index (χ1) is 9.04. The molecule has 0 atom stereocenters. The number of carbonyl (C=O) groups excluding carboxylic acids is 1. The second-order valence-electron chi connectivity index (χ2n) is 3.87. The Labute approximate surface area is 113 Å². The molecule has 0 unspecified atom stereocenters. The lowest BCUT2D eigenvalue weighted by Gasteiger charge is -2.06. The third kappa shape index (κ3) is 3.69. The maximum Gasteiger partial charge on any atom is 0.328 e. The van der Waals surface area contributed by atoms with Gasteiger partial charge in [0.2, 0.25) is 0 Å². The minimum atomic E-state index is -0.511. The number of aromatic nitrogens is 2. The summed E-state index contributed by atoms with van der Waals surface area (Å²) in [5, 5.41) is 4.19. The maximum atomic E-state index is 13.0. The van der Waals surface area contributed by atoms with E-state index in [1.54, 1.807) is 0 Å². The molecule has 2 N–H and O–H groups in total. The third-order valence-corrected chi connectivity index (χ3v) is 2.71. The van der Waals surface area contributed by atoms with Gasteiger partial charge in [-0.2, -0.15) is 5.10 Å². The van der Waals surface area contributed by atoms with Crippen LogP contribution in [0.2, 0.25) is 5.02 Å². The smallest absolute Gasteiger partial charge is 0.328 e. The number of rotatable bonds is 4. The number of carbonyl (C=O) groups is 1. The summed E-state index contributed by atoms with van der Waals surface area (Å²) in [6.45, 7) is -0.156. The molecular weight excluding hydrogens is 273 g/mol. The molecule has 0 aliphatic heterocycles. The zero-order chi connectivity index (χ0) is 13.8. The zero-order valence-electron chi connectivity index (χ0n) is 9.85. The van der Waals surface area contributed by atoms with Crippen molar-refractivity contribution >= 4 is 23.3 Å². The average molecular weight is 284 g/mol. The van der Waals surface area contributed by atoms with E-state index in [-0.39, 0.29) is 13.2 Å². The fourth-order valence-corrected chi connectivity index (χ4v) is 1.63. The van der Waals surface area contributed by atoms with Crippen LogP contribution in [0.4, 0.5) is 10.1 Å². The lowest BCUT2D eigenvalue weighted by Crippen LogP contribution is -2.14. The summed E-state index contributed by atoms with van der Waals surface area (Å²) < 4.78 is 19.3. The van der Waals surface area contributed by atoms with Crippen LogP contribution in [-0.4, -0.2) is 15.7 Å². The first-order valence-electron chi connectivity index (χ1n) is 5.42. The van der Waals surface area contributed by atoms with Gasteiger partial charge in [-0.3, -0.25) is 9.48 Å². The Morgan fingerprint density at radius 2 is 2.32 bits per heavy atom. The molecule has 0 radical (unpaired) electrons. The van der Waals surface area contributed by atoms with Crippen molar-refractivity contribution in [3.63, 3.8) is 0 Å². The van der Waals surface area contributed by atoms with Crippen LogP contribution in [0.1, 0.15) is 5.56 Å². The van der Waals surface area contributed by atoms with Gasteiger partial charge in [0.1, 0.15) is 19.0 Å². The molecule has 19 heavy (non-hydrogen) atoms. The molecule has 0 saturated heterocycles. The minimum absolute atomic E-state index is 0.0653. The number of esters is 1. The molecule has 0 bridgehead atoms. The molecule has 100 valence electrons. The van der Waals surface area contributed by atoms with Crippen LogP contribution in [0.15, 0.2) is 30.6 Å². The summed E-state index contributed by atoms with van der Waals surface area (Å²) in [6, 6.07) is 3.87. The highest BCUT2D eigenvalue weighted by Crippen LogP contribution is 2.17. The molecule has 0 amide bonds. The lowest BCUT2D eigenvalue weighted by molar-refractivity contribution is -0.145. The molecule has 1 aromatic heterocycles. The van der Waals surface area contributed by atoms with Gasteiger partial charge in [-0.1, -0.05) is 11.6 Å². The summed E-state index contributed by atoms with van der Waals surface area (Å²) in [7, 11) is 0. The van der Waals surface area contributed by atoms with Crippen LogP contribution in [0.3, 0.4) is 0 Å². The Bertz CT molecular complexity index is 600. The zero-order valence-corrected chi connectivity index (χ0v) is 10.6. The first kappa shape index (κ1) is 13.4. The first-order valence-corrected chi connectivity index (χ1v) is 5.80. The molecule has 0 saturated carbocycles. The van der Waals surface area contributed by atoms with E-state index < -0.39 is 11.8 Å². The molecule has 5 nitrogen and oxygen atoms in total. The highest BCUT2D eigenvalue weighted by molar-refractivity contribution is 6.31. The Balaban J connectivity index is 1.91. The van der Waals surface area contributed by atoms with Gasteiger partial charge in [-0.25, -0.2) is 4.39 Å². The molecule has 0 aliphatic carbocycles. The van der Waals surface area contributed by atoms with Crippen molar-refractivity contribution in [2.24, 2.45) is 0 Å². The van der Waals surface area contributed by atoms with Crippen molar-refractivity contribution in [1.82, 2.24) is 9.78 Å². The molecule has 7 heteroatoms. The fraction of sp³-hybridized carbons (Fsp3) is 0.167. The second-order valence-corrected chi connectivity index (χ2v) is 4.27. The highest BCUT2D eigenvalue weighted by atomic mass is 35.5. The van der Waals surface area contributed by atoms with Gasteiger partial charge in [0.15, 0.2) is 0 Å². The summed E-state index contributed by atoms with van der Waals surface area (Å²) in [5.41, 5.74) is 6.33. The Kier molecular flexibility index (Phi) is 4.01. The summed E-state index contributed by atoms with van der Waals surface area (Å²) in [6.07, 6.45) is 2.94. The van der Waals surface area contributed by atoms with Gasteiger partial charge in [0.25, 0.3) is 0 Å². The number of hydrogen-bond donors (Lipinski definition) is 1. The number of nitrogen functional groups attached to an aromatic ring is 1. The highest BCUT2D eigenvalue weighted by Gasteiger charge is 2.08. The molecule has 2 aromatic rings. The Morgan fingerprint density at radius 3 is 3.00 bits per heavy atom. The standard InChI is InChI=1S/C12H11ClFN3O2/c13-11-2-1-9(14)3-8(11)7-19-12(18)6-17-5-10(15)4-16-17/h1-5H,6-7,15H2. The van der Waals surface area contributed by atoms with Gasteiger partial charge in [0.05, 0.1) is 11.9 Å². The quantitative estimate of drug-likeness (QED) is 0.871. The van der Waals surface area contributed by atoms with E-state index in [1.165, 1.54) is 35.3 Å². The molecule has 2 rings (SSSR count). The Morgan fingerprint density at radius 1 is 1.53 bits per heavy atom. The molecule has 1 aromatic carbocycles. The minimum Gasteiger partial charge on any atom is -0.459 e. The van der Waals surface area contributed by atoms with Crippen LogP contribution in [0.5, 0.6) is 0 Å². The van der Waals surface area contributed by atoms with Gasteiger partial charge in [-0.15, -0.1) is 0 Å². The summed E-state index contributed by atoms with van der Waals surface area (Å²) in [5.74, 6) is -0.946. The van der Waals surface area contributed by atoms with E-state index in [0.29, 0.717) is 16.3 Å². The van der Waals surface area contributed by atoms with Crippen LogP contribution in [-0.2, 0) is 22.7 Å². The molecule has 0 spiro atoms. The maximum absolute atomic E-state index is 13.0. The van der Waals surface area contributed by atoms with Crippen molar-refractivity contribution in [2.45, 2.75) is 13.2 Å². The number of anilines is 1. The third-order valence-electron chi connectivity index (χ3n) is 2.34. The van der Waals surface area contributed by atoms with Crippen molar-refractivity contribution in [2.75, 3.05) is 5.73 Å². The largest absolute Gasteiger partial charge is 0.459 e. The van der Waals surface area contributed by atoms with Crippen LogP contribution in [0.25, 0.3) is 0 Å². The van der Waals surface area contributed by atoms with Gasteiger partial charge < -0.3 is 10.5 Å². The Hall–Kier alpha value is -2.08. The van der Waals surface area contributed by atoms with Crippen LogP contribution >= 0.6 is 11.6 Å². The number of nitrogens with two attached hydrogens (primary N) is 1. The van der Waals surface area contributed by atoms with E-state index in [2.05, 4.69) is 5.10 Å². The SMILES string of the molecule is Nc1cnn(CC(=O)OCc2cc(F)ccc2Cl)c1. The normalized spacial score (nSPS) is 10.4. The van der Waals surface area contributed by atoms with E-state index in [0.717, 1.165) is 0 Å². The molecule has 1 heterocycles. The van der Waals surface area contributed by atoms with E-state index >= 15 is 0 Å². The van der Waals surface area contributed by atoms with Crippen molar-refractivity contribution in [3.05, 3.63) is 47.0 Å². The average Bonchev–Trinajstić information content (AvgIpc) is 2.76. The predicted octanol–water partition coefficient (Wildman–Crippen LogP) is 2.00. The predicted molar refractivity (Wildman–Crippen MR) is 67.8 cm³/mol. The van der Waals surface area contributed by atoms with Crippen molar-refractivity contribution in [1.29, 1.82) is 0 Å². The fourth-order valence-electron chi connectivity index (χ4n) is 1.46.